The van der Waals surface area contributed by atoms with Crippen LogP contribution in [0.25, 0.3) is 0 Å². The topological polar surface area (TPSA) is 145 Å². The molecule has 10 heteroatoms. The van der Waals surface area contributed by atoms with Gasteiger partial charge in [0.05, 0.1) is 12.1 Å². The number of esters is 2. The van der Waals surface area contributed by atoms with Crippen molar-refractivity contribution in [1.82, 2.24) is 5.32 Å². The molecular weight excluding hydrogens is 516 g/mol. The fourth-order valence-electron chi connectivity index (χ4n) is 8.84. The molecule has 2 spiro atoms. The largest absolute Gasteiger partial charge is 0.458 e. The summed E-state index contributed by atoms with van der Waals surface area (Å²) in [4.78, 5) is 39.1. The van der Waals surface area contributed by atoms with E-state index in [4.69, 9.17) is 29.4 Å². The smallest absolute Gasteiger partial charge is 0.334 e. The number of carbonyl (C=O) groups is 3. The number of ether oxygens (including phenoxy) is 5. The maximum absolute atomic E-state index is 13.9. The zero-order chi connectivity index (χ0) is 28.7. The van der Waals surface area contributed by atoms with E-state index < -0.39 is 46.9 Å². The van der Waals surface area contributed by atoms with Crippen LogP contribution in [0.15, 0.2) is 23.3 Å². The third-order valence-corrected chi connectivity index (χ3v) is 11.3. The van der Waals surface area contributed by atoms with Crippen molar-refractivity contribution in [3.05, 3.63) is 23.3 Å². The van der Waals surface area contributed by atoms with Crippen LogP contribution in [-0.2, 0) is 38.1 Å². The van der Waals surface area contributed by atoms with E-state index in [2.05, 4.69) is 18.8 Å². The van der Waals surface area contributed by atoms with E-state index in [-0.39, 0.29) is 47.4 Å². The molecule has 0 aromatic carbocycles. The highest BCUT2D eigenvalue weighted by atomic mass is 16.8. The molecule has 7 aliphatic rings. The second kappa shape index (κ2) is 7.96. The molecule has 0 aromatic rings. The molecule has 10 nitrogen and oxygen atoms in total. The van der Waals surface area contributed by atoms with Crippen molar-refractivity contribution in [1.29, 1.82) is 0 Å². The highest BCUT2D eigenvalue weighted by Gasteiger charge is 3.01. The fourth-order valence-corrected chi connectivity index (χ4v) is 8.84. The van der Waals surface area contributed by atoms with E-state index in [0.717, 1.165) is 23.1 Å². The predicted octanol–water partition coefficient (Wildman–Crippen LogP) is 1.70. The van der Waals surface area contributed by atoms with E-state index in [1.807, 2.05) is 34.6 Å². The number of hydrogen-bond acceptors (Lipinski definition) is 9. The quantitative estimate of drug-likeness (QED) is 0.272. The summed E-state index contributed by atoms with van der Waals surface area (Å²) < 4.78 is 31.6. The number of rotatable bonds is 7. The molecule has 0 unspecified atom stereocenters. The minimum absolute atomic E-state index is 0.0703. The number of carbonyl (C=O) groups excluding carboxylic acids is 3. The lowest BCUT2D eigenvalue weighted by Crippen LogP contribution is -2.69. The molecule has 3 saturated heterocycles. The summed E-state index contributed by atoms with van der Waals surface area (Å²) in [6.07, 6.45) is 0.491. The van der Waals surface area contributed by atoms with E-state index >= 15 is 0 Å². The zero-order valence-corrected chi connectivity index (χ0v) is 24.1. The summed E-state index contributed by atoms with van der Waals surface area (Å²) in [6.45, 7) is 16.1. The van der Waals surface area contributed by atoms with Gasteiger partial charge < -0.3 is 34.7 Å². The Labute approximate surface area is 234 Å². The van der Waals surface area contributed by atoms with E-state index in [1.54, 1.807) is 0 Å². The standard InChI is InChI=1S/C30H40N2O8/c1-12(2)19(31)23(33)32-20(13(3)4)25(35)37-26-28(14(5)6)21(39-28)22-30(40-22)27(7)9-8-15-16(11-36-24(15)34)17(27)10-18-29(26,30)38-18/h12-13,17-22,26H,5,8-11,31H2,1-4,6-7H3,(H,32,33)/t17-,18-,19-,20+,21-,22-,26+,27-,28-,29+,30+/m0/s1. The normalized spacial score (nSPS) is 46.5. The Kier molecular flexibility index (Phi) is 5.30. The molecule has 5 fully saturated rings. The van der Waals surface area contributed by atoms with Crippen LogP contribution >= 0.6 is 0 Å². The molecule has 218 valence electrons. The highest BCUT2D eigenvalue weighted by Crippen LogP contribution is 2.83. The molecule has 2 saturated carbocycles. The van der Waals surface area contributed by atoms with E-state index in [0.29, 0.717) is 19.4 Å². The van der Waals surface area contributed by atoms with Gasteiger partial charge in [0.1, 0.15) is 30.5 Å². The van der Waals surface area contributed by atoms with Gasteiger partial charge in [0.25, 0.3) is 0 Å². The number of cyclic esters (lactones) is 1. The number of nitrogens with two attached hydrogens (primary N) is 1. The Morgan fingerprint density at radius 1 is 1.12 bits per heavy atom. The minimum Gasteiger partial charge on any atom is -0.458 e. The molecular formula is C30H40N2O8. The van der Waals surface area contributed by atoms with Gasteiger partial charge in [0.2, 0.25) is 5.91 Å². The first kappa shape index (κ1) is 26.6. The molecule has 0 bridgehead atoms. The van der Waals surface area contributed by atoms with Crippen LogP contribution < -0.4 is 11.1 Å². The van der Waals surface area contributed by atoms with Gasteiger partial charge >= 0.3 is 11.9 Å². The lowest BCUT2D eigenvalue weighted by Gasteiger charge is -2.53. The molecule has 3 N–H and O–H groups in total. The van der Waals surface area contributed by atoms with Crippen molar-refractivity contribution < 1.29 is 38.1 Å². The Bertz CT molecular complexity index is 1280. The Balaban J connectivity index is 1.24. The highest BCUT2D eigenvalue weighted by molar-refractivity contribution is 5.92. The number of amides is 1. The summed E-state index contributed by atoms with van der Waals surface area (Å²) in [6, 6.07) is -1.64. The van der Waals surface area contributed by atoms with Crippen LogP contribution in [0.3, 0.4) is 0 Å². The third-order valence-electron chi connectivity index (χ3n) is 11.3. The Hall–Kier alpha value is -2.27. The second-order valence-electron chi connectivity index (χ2n) is 13.9. The van der Waals surface area contributed by atoms with E-state index in [1.165, 1.54) is 0 Å². The van der Waals surface area contributed by atoms with Gasteiger partial charge in [0.15, 0.2) is 17.3 Å². The molecule has 11 atom stereocenters. The molecule has 1 amide bonds. The minimum atomic E-state index is -0.913. The van der Waals surface area contributed by atoms with Crippen molar-refractivity contribution in [2.45, 2.75) is 114 Å². The average Bonchev–Trinajstić information content (AvgIpc) is 3.80. The SMILES string of the molecule is C=C(C)[C@]12O[C@H]1[C@@H]1O[C@]13[C@]1(O[C@H]1C[C@H]1C4=C(CC[C@@]13C)C(=O)OC4)[C@@H]2OC(=O)[C@H](NC(=O)[C@@H](N)C(C)C)C(C)C. The lowest BCUT2D eigenvalue weighted by atomic mass is 9.47. The van der Waals surface area contributed by atoms with Crippen LogP contribution in [0, 0.1) is 23.2 Å². The molecule has 3 aliphatic carbocycles. The fraction of sp³-hybridized carbons (Fsp3) is 0.767. The van der Waals surface area contributed by atoms with Crippen LogP contribution in [0.5, 0.6) is 0 Å². The van der Waals surface area contributed by atoms with Crippen LogP contribution in [0.2, 0.25) is 0 Å². The lowest BCUT2D eigenvalue weighted by molar-refractivity contribution is -0.169. The van der Waals surface area contributed by atoms with Gasteiger partial charge in [-0.2, -0.15) is 0 Å². The van der Waals surface area contributed by atoms with Crippen LogP contribution in [0.4, 0.5) is 0 Å². The van der Waals surface area contributed by atoms with Crippen molar-refractivity contribution in [3.8, 4) is 0 Å². The Morgan fingerprint density at radius 2 is 1.85 bits per heavy atom. The summed E-state index contributed by atoms with van der Waals surface area (Å²) >= 11 is 0. The van der Waals surface area contributed by atoms with Gasteiger partial charge in [-0.05, 0) is 55.1 Å². The zero-order valence-electron chi connectivity index (χ0n) is 24.1. The monoisotopic (exact) mass is 556 g/mol. The number of fused-ring (bicyclic) bond motifs is 4. The molecule has 4 aliphatic heterocycles. The Morgan fingerprint density at radius 3 is 2.50 bits per heavy atom. The predicted molar refractivity (Wildman–Crippen MR) is 141 cm³/mol. The third kappa shape index (κ3) is 2.91. The molecule has 0 aromatic heterocycles. The van der Waals surface area contributed by atoms with Crippen LogP contribution in [-0.4, -0.2) is 77.8 Å². The molecule has 7 rings (SSSR count). The summed E-state index contributed by atoms with van der Waals surface area (Å²) in [5.74, 6) is -1.40. The van der Waals surface area contributed by atoms with Gasteiger partial charge in [-0.1, -0.05) is 41.2 Å². The molecule has 40 heavy (non-hydrogen) atoms. The molecule has 0 radical (unpaired) electrons. The first-order valence-electron chi connectivity index (χ1n) is 14.6. The summed E-state index contributed by atoms with van der Waals surface area (Å²) in [5, 5.41) is 2.83. The van der Waals surface area contributed by atoms with Gasteiger partial charge in [-0.25, -0.2) is 9.59 Å². The van der Waals surface area contributed by atoms with Crippen molar-refractivity contribution >= 4 is 17.8 Å². The maximum Gasteiger partial charge on any atom is 0.334 e. The van der Waals surface area contributed by atoms with Crippen molar-refractivity contribution in [2.24, 2.45) is 28.9 Å². The van der Waals surface area contributed by atoms with E-state index in [9.17, 15) is 14.4 Å². The number of nitrogens with one attached hydrogen (secondary N) is 1. The maximum atomic E-state index is 13.9. The van der Waals surface area contributed by atoms with Crippen molar-refractivity contribution in [2.75, 3.05) is 6.61 Å². The van der Waals surface area contributed by atoms with Crippen molar-refractivity contribution in [3.63, 3.8) is 0 Å². The van der Waals surface area contributed by atoms with Gasteiger partial charge in [-0.3, -0.25) is 4.79 Å². The van der Waals surface area contributed by atoms with Gasteiger partial charge in [0, 0.05) is 11.0 Å². The second-order valence-corrected chi connectivity index (χ2v) is 13.9. The summed E-state index contributed by atoms with van der Waals surface area (Å²) in [5.41, 5.74) is 5.81. The summed E-state index contributed by atoms with van der Waals surface area (Å²) in [7, 11) is 0. The number of hydrogen-bond donors (Lipinski definition) is 2. The molecule has 4 heterocycles. The number of epoxide rings is 3. The average molecular weight is 557 g/mol. The first-order chi connectivity index (χ1) is 18.8. The first-order valence-corrected chi connectivity index (χ1v) is 14.6. The van der Waals surface area contributed by atoms with Gasteiger partial charge in [-0.15, -0.1) is 0 Å². The van der Waals surface area contributed by atoms with Crippen LogP contribution in [0.1, 0.15) is 60.8 Å².